The molecule has 0 amide bonds. The van der Waals surface area contributed by atoms with E-state index < -0.39 is 0 Å². The molecule has 0 unspecified atom stereocenters. The predicted octanol–water partition coefficient (Wildman–Crippen LogP) is 1.73. The van der Waals surface area contributed by atoms with Crippen LogP contribution in [0.1, 0.15) is 25.5 Å². The van der Waals surface area contributed by atoms with E-state index in [4.69, 9.17) is 9.84 Å². The number of aliphatic hydroxyl groups is 1. The van der Waals surface area contributed by atoms with Gasteiger partial charge in [0.05, 0.1) is 13.7 Å². The lowest BCUT2D eigenvalue weighted by molar-refractivity contribution is 0.243. The van der Waals surface area contributed by atoms with Crippen molar-refractivity contribution in [3.05, 3.63) is 29.8 Å². The molecule has 3 nitrogen and oxygen atoms in total. The molecule has 0 fully saturated rings. The summed E-state index contributed by atoms with van der Waals surface area (Å²) < 4.78 is 5.16. The van der Waals surface area contributed by atoms with E-state index in [9.17, 15) is 0 Å². The maximum absolute atomic E-state index is 8.94. The fourth-order valence-corrected chi connectivity index (χ4v) is 1.49. The van der Waals surface area contributed by atoms with E-state index in [1.807, 2.05) is 31.2 Å². The van der Waals surface area contributed by atoms with Crippen molar-refractivity contribution in [2.45, 2.75) is 25.9 Å². The van der Waals surface area contributed by atoms with E-state index in [1.165, 1.54) is 0 Å². The number of hydrogen-bond donors (Lipinski definition) is 2. The van der Waals surface area contributed by atoms with Crippen LogP contribution in [0.5, 0.6) is 5.75 Å². The zero-order valence-corrected chi connectivity index (χ0v) is 9.53. The molecule has 0 aliphatic heterocycles. The number of benzene rings is 1. The second-order valence-corrected chi connectivity index (χ2v) is 3.75. The lowest BCUT2D eigenvalue weighted by Gasteiger charge is -2.19. The van der Waals surface area contributed by atoms with Crippen molar-refractivity contribution >= 4 is 0 Å². The first-order valence-electron chi connectivity index (χ1n) is 5.18. The van der Waals surface area contributed by atoms with Crippen molar-refractivity contribution in [1.82, 2.24) is 5.32 Å². The topological polar surface area (TPSA) is 41.5 Å². The van der Waals surface area contributed by atoms with Crippen LogP contribution in [0.4, 0.5) is 0 Å². The molecule has 0 saturated heterocycles. The summed E-state index contributed by atoms with van der Waals surface area (Å²) >= 11 is 0. The van der Waals surface area contributed by atoms with Crippen molar-refractivity contribution < 1.29 is 9.84 Å². The second-order valence-electron chi connectivity index (χ2n) is 3.75. The van der Waals surface area contributed by atoms with Crippen LogP contribution in [0.2, 0.25) is 0 Å². The standard InChI is InChI=1S/C12H19NO2/c1-9(8-14)13-10(2)11-5-4-6-12(7-11)15-3/h4-7,9-10,13-14H,8H2,1-3H3/t9-,10+/m0/s1. The third kappa shape index (κ3) is 3.53. The fraction of sp³-hybridized carbons (Fsp3) is 0.500. The third-order valence-corrected chi connectivity index (χ3v) is 2.40. The first-order valence-corrected chi connectivity index (χ1v) is 5.18. The Bertz CT molecular complexity index is 301. The molecule has 1 aromatic carbocycles. The van der Waals surface area contributed by atoms with E-state index in [1.54, 1.807) is 7.11 Å². The molecule has 15 heavy (non-hydrogen) atoms. The third-order valence-electron chi connectivity index (χ3n) is 2.40. The highest BCUT2D eigenvalue weighted by Gasteiger charge is 2.08. The van der Waals surface area contributed by atoms with E-state index in [-0.39, 0.29) is 18.7 Å². The van der Waals surface area contributed by atoms with Crippen molar-refractivity contribution in [1.29, 1.82) is 0 Å². The molecule has 3 heteroatoms. The molecule has 0 heterocycles. The Morgan fingerprint density at radius 1 is 1.40 bits per heavy atom. The molecule has 0 aliphatic carbocycles. The molecule has 0 radical (unpaired) electrons. The Balaban J connectivity index is 2.68. The molecule has 0 aromatic heterocycles. The van der Waals surface area contributed by atoms with Crippen LogP contribution in [0.15, 0.2) is 24.3 Å². The maximum Gasteiger partial charge on any atom is 0.119 e. The molecule has 1 aromatic rings. The van der Waals surface area contributed by atoms with Crippen molar-refractivity contribution in [3.63, 3.8) is 0 Å². The van der Waals surface area contributed by atoms with E-state index in [2.05, 4.69) is 12.2 Å². The van der Waals surface area contributed by atoms with Gasteiger partial charge in [-0.15, -0.1) is 0 Å². The highest BCUT2D eigenvalue weighted by atomic mass is 16.5. The Morgan fingerprint density at radius 3 is 2.73 bits per heavy atom. The monoisotopic (exact) mass is 209 g/mol. The normalized spacial score (nSPS) is 14.7. The first-order chi connectivity index (χ1) is 7.17. The smallest absolute Gasteiger partial charge is 0.119 e. The Labute approximate surface area is 91.1 Å². The van der Waals surface area contributed by atoms with Crippen molar-refractivity contribution in [2.24, 2.45) is 0 Å². The van der Waals surface area contributed by atoms with E-state index >= 15 is 0 Å². The summed E-state index contributed by atoms with van der Waals surface area (Å²) in [6.45, 7) is 4.17. The van der Waals surface area contributed by atoms with Gasteiger partial charge in [-0.05, 0) is 31.5 Å². The minimum absolute atomic E-state index is 0.103. The van der Waals surface area contributed by atoms with Crippen LogP contribution in [0.25, 0.3) is 0 Å². The van der Waals surface area contributed by atoms with Gasteiger partial charge >= 0.3 is 0 Å². The van der Waals surface area contributed by atoms with Gasteiger partial charge in [0.15, 0.2) is 0 Å². The summed E-state index contributed by atoms with van der Waals surface area (Å²) in [6, 6.07) is 8.25. The van der Waals surface area contributed by atoms with Gasteiger partial charge in [0.1, 0.15) is 5.75 Å². The summed E-state index contributed by atoms with van der Waals surface area (Å²) in [4.78, 5) is 0. The Kier molecular flexibility index (Phi) is 4.59. The average Bonchev–Trinajstić information content (AvgIpc) is 2.28. The van der Waals surface area contributed by atoms with Crippen molar-refractivity contribution in [2.75, 3.05) is 13.7 Å². The maximum atomic E-state index is 8.94. The highest BCUT2D eigenvalue weighted by Crippen LogP contribution is 2.18. The number of hydrogen-bond acceptors (Lipinski definition) is 3. The lowest BCUT2D eigenvalue weighted by atomic mass is 10.1. The van der Waals surface area contributed by atoms with Crippen LogP contribution < -0.4 is 10.1 Å². The fourth-order valence-electron chi connectivity index (χ4n) is 1.49. The molecular formula is C12H19NO2. The number of aliphatic hydroxyl groups excluding tert-OH is 1. The van der Waals surface area contributed by atoms with Crippen LogP contribution in [0.3, 0.4) is 0 Å². The summed E-state index contributed by atoms with van der Waals surface area (Å²) in [5, 5.41) is 12.2. The largest absolute Gasteiger partial charge is 0.497 e. The molecule has 2 N–H and O–H groups in total. The van der Waals surface area contributed by atoms with E-state index in [0.29, 0.717) is 0 Å². The quantitative estimate of drug-likeness (QED) is 0.776. The van der Waals surface area contributed by atoms with Crippen LogP contribution >= 0.6 is 0 Å². The van der Waals surface area contributed by atoms with Gasteiger partial charge in [0.25, 0.3) is 0 Å². The van der Waals surface area contributed by atoms with Crippen LogP contribution in [0, 0.1) is 0 Å². The Hall–Kier alpha value is -1.06. The summed E-state index contributed by atoms with van der Waals surface area (Å²) in [5.74, 6) is 0.859. The molecule has 84 valence electrons. The van der Waals surface area contributed by atoms with Gasteiger partial charge in [0.2, 0.25) is 0 Å². The first kappa shape index (κ1) is 12.0. The summed E-state index contributed by atoms with van der Waals surface area (Å²) in [7, 11) is 1.66. The zero-order chi connectivity index (χ0) is 11.3. The van der Waals surface area contributed by atoms with Crippen molar-refractivity contribution in [3.8, 4) is 5.75 Å². The molecule has 1 rings (SSSR count). The molecular weight excluding hydrogens is 190 g/mol. The second kappa shape index (κ2) is 5.73. The van der Waals surface area contributed by atoms with Gasteiger partial charge in [-0.1, -0.05) is 12.1 Å². The van der Waals surface area contributed by atoms with Gasteiger partial charge in [0, 0.05) is 12.1 Å². The van der Waals surface area contributed by atoms with Gasteiger partial charge in [-0.3, -0.25) is 0 Å². The number of nitrogens with one attached hydrogen (secondary N) is 1. The average molecular weight is 209 g/mol. The predicted molar refractivity (Wildman–Crippen MR) is 61.1 cm³/mol. The van der Waals surface area contributed by atoms with Gasteiger partial charge in [-0.2, -0.15) is 0 Å². The summed E-state index contributed by atoms with van der Waals surface area (Å²) in [6.07, 6.45) is 0. The molecule has 0 aliphatic rings. The minimum atomic E-state index is 0.103. The lowest BCUT2D eigenvalue weighted by Crippen LogP contribution is -2.31. The van der Waals surface area contributed by atoms with E-state index in [0.717, 1.165) is 11.3 Å². The van der Waals surface area contributed by atoms with Gasteiger partial charge in [-0.25, -0.2) is 0 Å². The number of rotatable bonds is 5. The number of methoxy groups -OCH3 is 1. The Morgan fingerprint density at radius 2 is 2.13 bits per heavy atom. The minimum Gasteiger partial charge on any atom is -0.497 e. The SMILES string of the molecule is COc1cccc([C@@H](C)N[C@@H](C)CO)c1. The zero-order valence-electron chi connectivity index (χ0n) is 9.53. The molecule has 0 bridgehead atoms. The highest BCUT2D eigenvalue weighted by molar-refractivity contribution is 5.30. The molecule has 2 atom stereocenters. The number of ether oxygens (including phenoxy) is 1. The molecule has 0 saturated carbocycles. The van der Waals surface area contributed by atoms with Crippen LogP contribution in [-0.2, 0) is 0 Å². The summed E-state index contributed by atoms with van der Waals surface area (Å²) in [5.41, 5.74) is 1.16. The van der Waals surface area contributed by atoms with Gasteiger partial charge < -0.3 is 15.2 Å². The van der Waals surface area contributed by atoms with Crippen LogP contribution in [-0.4, -0.2) is 24.9 Å². The molecule has 0 spiro atoms.